The Labute approximate surface area is 358 Å². The lowest BCUT2D eigenvalue weighted by Crippen LogP contribution is -2.59. The van der Waals surface area contributed by atoms with Crippen LogP contribution >= 0.6 is 0 Å². The van der Waals surface area contributed by atoms with Crippen molar-refractivity contribution in [2.24, 2.45) is 5.92 Å². The molecular weight excluding hydrogens is 765 g/mol. The molecule has 8 rings (SSSR count). The molecule has 2 aromatic heterocycles. The molecule has 5 aromatic rings. The Kier molecular flexibility index (Phi) is 9.56. The van der Waals surface area contributed by atoms with Crippen molar-refractivity contribution < 1.29 is 10.4 Å². The third kappa shape index (κ3) is 6.49. The van der Waals surface area contributed by atoms with Crippen molar-refractivity contribution in [2.45, 2.75) is 168 Å². The molecule has 61 heavy (non-hydrogen) atoms. The van der Waals surface area contributed by atoms with Crippen molar-refractivity contribution in [1.29, 1.82) is 0 Å². The summed E-state index contributed by atoms with van der Waals surface area (Å²) in [6.07, 6.45) is 3.19. The van der Waals surface area contributed by atoms with Gasteiger partial charge in [0.25, 0.3) is 22.2 Å². The van der Waals surface area contributed by atoms with Gasteiger partial charge >= 0.3 is 0 Å². The standard InChI is InChI=1S/C51H64N4O6/c1-15-47(5,6)53-44(58)38-22-36-37(23-39(38)45(53)59)43(57)52(42(36)56)31-17-19-33-35(21-31)41(29-26-50(11,12)55(61)51(13,14)27-29)32-18-16-30(46(2,3)4)20-34(32)40(33)28-24-48(7,8)54(60)49(9,10)25-28/h16-23,28,40,60-61H,15,24-27H2,1-14H3. The highest BCUT2D eigenvalue weighted by molar-refractivity contribution is 5.98. The fourth-order valence-corrected chi connectivity index (χ4v) is 11.6. The first kappa shape index (κ1) is 43.2. The maximum Gasteiger partial charge on any atom is 0.266 e. The topological polar surface area (TPSA) is 125 Å². The number of aromatic nitrogens is 2. The Morgan fingerprint density at radius 1 is 0.607 bits per heavy atom. The van der Waals surface area contributed by atoms with E-state index in [4.69, 9.17) is 0 Å². The second kappa shape index (κ2) is 13.5. The van der Waals surface area contributed by atoms with Gasteiger partial charge in [-0.1, -0.05) is 57.5 Å². The van der Waals surface area contributed by atoms with Crippen molar-refractivity contribution in [3.8, 4) is 5.69 Å². The maximum atomic E-state index is 14.5. The average molecular weight is 829 g/mol. The van der Waals surface area contributed by atoms with E-state index in [0.29, 0.717) is 24.9 Å². The number of benzene rings is 3. The minimum atomic E-state index is -0.739. The molecule has 2 saturated heterocycles. The van der Waals surface area contributed by atoms with Gasteiger partial charge < -0.3 is 10.4 Å². The van der Waals surface area contributed by atoms with Gasteiger partial charge in [-0.05, 0) is 170 Å². The Morgan fingerprint density at radius 3 is 1.59 bits per heavy atom. The van der Waals surface area contributed by atoms with Crippen LogP contribution in [0, 0.1) is 5.92 Å². The summed E-state index contributed by atoms with van der Waals surface area (Å²) in [5.74, 6) is 0.0501. The molecule has 1 aliphatic carbocycles. The molecule has 0 bridgehead atoms. The third-order valence-corrected chi connectivity index (χ3v) is 14.7. The maximum absolute atomic E-state index is 14.5. The van der Waals surface area contributed by atoms with Gasteiger partial charge in [-0.25, -0.2) is 4.57 Å². The first-order valence-electron chi connectivity index (χ1n) is 22.0. The fourth-order valence-electron chi connectivity index (χ4n) is 11.6. The van der Waals surface area contributed by atoms with Gasteiger partial charge in [-0.3, -0.25) is 23.7 Å². The molecule has 2 aliphatic heterocycles. The van der Waals surface area contributed by atoms with Crippen LogP contribution in [0.15, 0.2) is 73.3 Å². The molecule has 0 saturated carbocycles. The number of nitrogens with zero attached hydrogens (tertiary/aromatic N) is 4. The minimum Gasteiger partial charge on any atom is -0.313 e. The van der Waals surface area contributed by atoms with E-state index in [1.807, 2.05) is 32.9 Å². The Hall–Kier alpha value is -4.48. The average Bonchev–Trinajstić information content (AvgIpc) is 3.55. The lowest BCUT2D eigenvalue weighted by molar-refractivity contribution is -0.251. The third-order valence-electron chi connectivity index (χ3n) is 14.7. The van der Waals surface area contributed by atoms with Gasteiger partial charge in [0.15, 0.2) is 0 Å². The normalized spacial score (nSPS) is 21.9. The largest absolute Gasteiger partial charge is 0.313 e. The van der Waals surface area contributed by atoms with E-state index >= 15 is 0 Å². The predicted octanol–water partition coefficient (Wildman–Crippen LogP) is 9.29. The van der Waals surface area contributed by atoms with Crippen LogP contribution in [0.5, 0.6) is 0 Å². The predicted molar refractivity (Wildman–Crippen MR) is 244 cm³/mol. The molecule has 324 valence electrons. The highest BCUT2D eigenvalue weighted by atomic mass is 16.5. The molecule has 2 N–H and O–H groups in total. The van der Waals surface area contributed by atoms with Crippen LogP contribution in [0.3, 0.4) is 0 Å². The van der Waals surface area contributed by atoms with Crippen LogP contribution < -0.4 is 22.2 Å². The molecular formula is C51H64N4O6. The van der Waals surface area contributed by atoms with E-state index in [1.54, 1.807) is 0 Å². The SMILES string of the molecule is CCC(C)(C)n1c(=O)c2cc3c(=O)n(-c4ccc5c(c4)C(=C4CC(C)(C)N(O)C(C)(C)C4)c4ccc(C(C)(C)C)cc4C5C4CC(C)(C)N(O)C(C)(C)C4)c(=O)c3cc2c1=O. The first-order valence-corrected chi connectivity index (χ1v) is 22.0. The Morgan fingerprint density at radius 2 is 1.10 bits per heavy atom. The van der Waals surface area contributed by atoms with E-state index in [1.165, 1.54) is 48.1 Å². The zero-order valence-corrected chi connectivity index (χ0v) is 38.6. The minimum absolute atomic E-state index is 0.0746. The van der Waals surface area contributed by atoms with E-state index in [0.717, 1.165) is 35.1 Å². The van der Waals surface area contributed by atoms with Gasteiger partial charge in [0.2, 0.25) is 0 Å². The zero-order valence-electron chi connectivity index (χ0n) is 38.6. The van der Waals surface area contributed by atoms with Crippen LogP contribution in [-0.2, 0) is 11.0 Å². The lowest BCUT2D eigenvalue weighted by atomic mass is 9.61. The number of hydrogen-bond acceptors (Lipinski definition) is 8. The van der Waals surface area contributed by atoms with Gasteiger partial charge in [-0.15, -0.1) is 0 Å². The van der Waals surface area contributed by atoms with Crippen molar-refractivity contribution in [1.82, 2.24) is 19.3 Å². The summed E-state index contributed by atoms with van der Waals surface area (Å²) in [6, 6.07) is 15.7. The number of piperidine rings is 2. The summed E-state index contributed by atoms with van der Waals surface area (Å²) in [7, 11) is 0. The van der Waals surface area contributed by atoms with Gasteiger partial charge in [0.1, 0.15) is 0 Å². The van der Waals surface area contributed by atoms with Crippen LogP contribution in [0.1, 0.15) is 163 Å². The molecule has 4 heterocycles. The zero-order chi connectivity index (χ0) is 44.9. The molecule has 0 spiro atoms. The van der Waals surface area contributed by atoms with Gasteiger partial charge in [0.05, 0.1) is 27.2 Å². The fraction of sp³-hybridized carbons (Fsp3) is 0.529. The second-order valence-corrected chi connectivity index (χ2v) is 22.7. The number of hydrogen-bond donors (Lipinski definition) is 2. The van der Waals surface area contributed by atoms with Gasteiger partial charge in [0, 0.05) is 33.6 Å². The summed E-state index contributed by atoms with van der Waals surface area (Å²) >= 11 is 0. The van der Waals surface area contributed by atoms with Crippen molar-refractivity contribution >= 4 is 27.1 Å². The molecule has 3 aromatic carbocycles. The lowest BCUT2D eigenvalue weighted by Gasteiger charge is -2.54. The molecule has 1 unspecified atom stereocenters. The number of fused-ring (bicyclic) bond motifs is 4. The highest BCUT2D eigenvalue weighted by Gasteiger charge is 2.50. The molecule has 1 atom stereocenters. The van der Waals surface area contributed by atoms with E-state index in [9.17, 15) is 29.6 Å². The summed E-state index contributed by atoms with van der Waals surface area (Å²) < 4.78 is 2.44. The van der Waals surface area contributed by atoms with Crippen LogP contribution in [-0.4, -0.2) is 51.8 Å². The molecule has 10 nitrogen and oxygen atoms in total. The van der Waals surface area contributed by atoms with E-state index < -0.39 is 49.9 Å². The first-order chi connectivity index (χ1) is 28.0. The number of rotatable bonds is 4. The number of hydroxylamine groups is 4. The Balaban J connectivity index is 1.43. The van der Waals surface area contributed by atoms with E-state index in [2.05, 4.69) is 100 Å². The molecule has 10 heteroatoms. The van der Waals surface area contributed by atoms with Crippen LogP contribution in [0.25, 0.3) is 32.8 Å². The quantitative estimate of drug-likeness (QED) is 0.184. The highest BCUT2D eigenvalue weighted by Crippen LogP contribution is 2.56. The summed E-state index contributed by atoms with van der Waals surface area (Å²) in [6.45, 7) is 28.9. The molecule has 2 fully saturated rings. The van der Waals surface area contributed by atoms with Crippen molar-refractivity contribution in [2.75, 3.05) is 0 Å². The van der Waals surface area contributed by atoms with Crippen LogP contribution in [0.2, 0.25) is 0 Å². The van der Waals surface area contributed by atoms with Crippen molar-refractivity contribution in [3.63, 3.8) is 0 Å². The summed E-state index contributed by atoms with van der Waals surface area (Å²) in [5, 5.41) is 26.5. The van der Waals surface area contributed by atoms with Crippen LogP contribution in [0.4, 0.5) is 0 Å². The molecule has 0 amide bonds. The molecule has 3 aliphatic rings. The van der Waals surface area contributed by atoms with Crippen molar-refractivity contribution in [3.05, 3.63) is 123 Å². The smallest absolute Gasteiger partial charge is 0.266 e. The Bertz CT molecular complexity index is 2790. The summed E-state index contributed by atoms with van der Waals surface area (Å²) in [5.41, 5.74) is 3.17. The van der Waals surface area contributed by atoms with E-state index in [-0.39, 0.29) is 38.8 Å². The van der Waals surface area contributed by atoms with Gasteiger partial charge in [-0.2, -0.15) is 10.1 Å². The monoisotopic (exact) mass is 828 g/mol. The second-order valence-electron chi connectivity index (χ2n) is 22.7. The summed E-state index contributed by atoms with van der Waals surface area (Å²) in [4.78, 5) is 56.5. The molecule has 0 radical (unpaired) electrons.